The van der Waals surface area contributed by atoms with E-state index in [0.717, 1.165) is 18.2 Å². The Morgan fingerprint density at radius 2 is 1.83 bits per heavy atom. The van der Waals surface area contributed by atoms with Crippen molar-refractivity contribution in [3.8, 4) is 11.8 Å². The molecule has 3 aromatic rings. The highest BCUT2D eigenvalue weighted by molar-refractivity contribution is 9.10. The van der Waals surface area contributed by atoms with E-state index in [9.17, 15) is 18.7 Å². The molecule has 2 N–H and O–H groups in total. The van der Waals surface area contributed by atoms with Crippen LogP contribution in [0.5, 0.6) is 0 Å². The smallest absolute Gasteiger partial charge is 0.405 e. The Kier molecular flexibility index (Phi) is 6.46. The molecule has 29 heavy (non-hydrogen) atoms. The second-order valence-electron chi connectivity index (χ2n) is 5.92. The van der Waals surface area contributed by atoms with E-state index in [0.29, 0.717) is 21.4 Å². The number of amides is 1. The number of benzene rings is 1. The minimum absolute atomic E-state index is 0.00398. The lowest BCUT2D eigenvalue weighted by Crippen LogP contribution is -2.29. The maximum atomic E-state index is 13.5. The third-order valence-electron chi connectivity index (χ3n) is 3.76. The highest BCUT2D eigenvalue weighted by Gasteiger charge is 2.20. The number of nitrogens with one attached hydrogen (secondary N) is 1. The van der Waals surface area contributed by atoms with Crippen LogP contribution in [0.1, 0.15) is 28.6 Å². The Hall–Kier alpha value is -3.38. The fourth-order valence-electron chi connectivity index (χ4n) is 2.60. The average molecular weight is 459 g/mol. The molecular formula is C20H13BrF2N4O2. The summed E-state index contributed by atoms with van der Waals surface area (Å²) in [5, 5.41) is 11.5. The number of carbonyl (C=O) groups is 1. The summed E-state index contributed by atoms with van der Waals surface area (Å²) in [4.78, 5) is 23.4. The minimum Gasteiger partial charge on any atom is -0.465 e. The topological polar surface area (TPSA) is 88.0 Å². The third kappa shape index (κ3) is 5.80. The van der Waals surface area contributed by atoms with Gasteiger partial charge < -0.3 is 10.4 Å². The van der Waals surface area contributed by atoms with Crippen LogP contribution in [-0.4, -0.2) is 26.2 Å². The number of hydrogen-bond acceptors (Lipinski definition) is 4. The van der Waals surface area contributed by atoms with Crippen LogP contribution in [0.4, 0.5) is 13.6 Å². The molecule has 1 amide bonds. The molecule has 0 aliphatic heterocycles. The number of carboxylic acid groups (broad SMARTS) is 1. The second kappa shape index (κ2) is 9.21. The fraction of sp³-hybridized carbons (Fsp3) is 0.100. The van der Waals surface area contributed by atoms with Crippen molar-refractivity contribution in [3.05, 3.63) is 87.7 Å². The van der Waals surface area contributed by atoms with Gasteiger partial charge in [-0.2, -0.15) is 0 Å². The third-order valence-corrected chi connectivity index (χ3v) is 4.43. The van der Waals surface area contributed by atoms with E-state index >= 15 is 0 Å². The molecule has 2 heterocycles. The molecule has 1 aromatic carbocycles. The van der Waals surface area contributed by atoms with Gasteiger partial charge in [0, 0.05) is 22.9 Å². The number of nitrogens with zero attached hydrogens (tertiary/aromatic N) is 3. The van der Waals surface area contributed by atoms with Crippen molar-refractivity contribution in [2.45, 2.75) is 12.5 Å². The highest BCUT2D eigenvalue weighted by Crippen LogP contribution is 2.25. The van der Waals surface area contributed by atoms with Gasteiger partial charge in [0.2, 0.25) is 0 Å². The van der Waals surface area contributed by atoms with Gasteiger partial charge >= 0.3 is 6.09 Å². The van der Waals surface area contributed by atoms with Crippen molar-refractivity contribution in [2.75, 3.05) is 0 Å². The first kappa shape index (κ1) is 20.4. The summed E-state index contributed by atoms with van der Waals surface area (Å²) in [5.74, 6) is 4.24. The molecule has 6 nitrogen and oxygen atoms in total. The van der Waals surface area contributed by atoms with Gasteiger partial charge in [0.25, 0.3) is 0 Å². The predicted molar refractivity (Wildman–Crippen MR) is 104 cm³/mol. The quantitative estimate of drug-likeness (QED) is 0.579. The van der Waals surface area contributed by atoms with E-state index in [-0.39, 0.29) is 12.0 Å². The average Bonchev–Trinajstić information content (AvgIpc) is 2.66. The normalized spacial score (nSPS) is 11.3. The van der Waals surface area contributed by atoms with Crippen molar-refractivity contribution in [3.63, 3.8) is 0 Å². The minimum atomic E-state index is -1.29. The van der Waals surface area contributed by atoms with Gasteiger partial charge in [-0.25, -0.2) is 28.5 Å². The molecule has 0 aliphatic carbocycles. The van der Waals surface area contributed by atoms with Gasteiger partial charge in [0.15, 0.2) is 0 Å². The summed E-state index contributed by atoms with van der Waals surface area (Å²) in [6.45, 7) is 0. The van der Waals surface area contributed by atoms with Crippen LogP contribution in [0.3, 0.4) is 0 Å². The Labute approximate surface area is 173 Å². The molecule has 2 aromatic heterocycles. The summed E-state index contributed by atoms with van der Waals surface area (Å²) in [7, 11) is 0. The Balaban J connectivity index is 1.94. The zero-order valence-corrected chi connectivity index (χ0v) is 16.3. The van der Waals surface area contributed by atoms with Gasteiger partial charge in [0.1, 0.15) is 23.7 Å². The van der Waals surface area contributed by atoms with Crippen molar-refractivity contribution in [1.29, 1.82) is 0 Å². The lowest BCUT2D eigenvalue weighted by atomic mass is 10.0. The number of halogens is 3. The van der Waals surface area contributed by atoms with Crippen LogP contribution < -0.4 is 5.32 Å². The van der Waals surface area contributed by atoms with E-state index in [1.165, 1.54) is 6.33 Å². The number of rotatable bonds is 4. The SMILES string of the molecule is O=C(O)NC(Cc1cc(F)cc(F)c1)c1nc(C#Cc2cncnc2)ccc1Br. The molecule has 0 aliphatic rings. The van der Waals surface area contributed by atoms with E-state index in [2.05, 4.69) is 48.0 Å². The molecule has 3 rings (SSSR count). The van der Waals surface area contributed by atoms with E-state index in [1.54, 1.807) is 24.5 Å². The van der Waals surface area contributed by atoms with Crippen molar-refractivity contribution in [1.82, 2.24) is 20.3 Å². The van der Waals surface area contributed by atoms with Gasteiger partial charge in [-0.15, -0.1) is 0 Å². The summed E-state index contributed by atoms with van der Waals surface area (Å²) in [5.41, 5.74) is 1.60. The molecular weight excluding hydrogens is 446 g/mol. The van der Waals surface area contributed by atoms with E-state index in [1.807, 2.05) is 0 Å². The largest absolute Gasteiger partial charge is 0.465 e. The Morgan fingerprint density at radius 3 is 2.48 bits per heavy atom. The van der Waals surface area contributed by atoms with Crippen LogP contribution in [0.2, 0.25) is 0 Å². The van der Waals surface area contributed by atoms with Crippen LogP contribution in [0.15, 0.2) is 53.5 Å². The molecule has 0 bridgehead atoms. The van der Waals surface area contributed by atoms with Crippen LogP contribution in [0.25, 0.3) is 0 Å². The second-order valence-corrected chi connectivity index (χ2v) is 6.78. The Bertz CT molecular complexity index is 1080. The summed E-state index contributed by atoms with van der Waals surface area (Å²) in [6.07, 6.45) is 3.19. The van der Waals surface area contributed by atoms with Crippen LogP contribution >= 0.6 is 15.9 Å². The predicted octanol–water partition coefficient (Wildman–Crippen LogP) is 3.86. The van der Waals surface area contributed by atoms with Gasteiger partial charge in [-0.1, -0.05) is 5.92 Å². The first-order valence-corrected chi connectivity index (χ1v) is 9.08. The zero-order chi connectivity index (χ0) is 20.8. The molecule has 0 saturated carbocycles. The number of pyridine rings is 1. The molecule has 0 fully saturated rings. The fourth-order valence-corrected chi connectivity index (χ4v) is 3.10. The van der Waals surface area contributed by atoms with Gasteiger partial charge in [-0.3, -0.25) is 0 Å². The summed E-state index contributed by atoms with van der Waals surface area (Å²) >= 11 is 3.35. The van der Waals surface area contributed by atoms with Gasteiger partial charge in [0.05, 0.1) is 17.3 Å². The monoisotopic (exact) mass is 458 g/mol. The van der Waals surface area contributed by atoms with Crippen molar-refractivity contribution < 1.29 is 18.7 Å². The summed E-state index contributed by atoms with van der Waals surface area (Å²) in [6, 6.07) is 5.52. The zero-order valence-electron chi connectivity index (χ0n) is 14.7. The standard InChI is InChI=1S/C20H13BrF2N4O2/c21-17-4-3-16(2-1-12-9-24-11-25-10-12)26-19(17)18(27-20(28)29)7-13-5-14(22)8-15(23)6-13/h3-6,8-11,18,27H,7H2,(H,28,29). The maximum absolute atomic E-state index is 13.5. The molecule has 0 radical (unpaired) electrons. The van der Waals surface area contributed by atoms with Gasteiger partial charge in [-0.05, 0) is 58.1 Å². The molecule has 9 heteroatoms. The maximum Gasteiger partial charge on any atom is 0.405 e. The number of hydrogen-bond donors (Lipinski definition) is 2. The van der Waals surface area contributed by atoms with E-state index in [4.69, 9.17) is 0 Å². The lowest BCUT2D eigenvalue weighted by Gasteiger charge is -2.18. The lowest BCUT2D eigenvalue weighted by molar-refractivity contribution is 0.189. The molecule has 1 unspecified atom stereocenters. The molecule has 0 spiro atoms. The van der Waals surface area contributed by atoms with Crippen molar-refractivity contribution >= 4 is 22.0 Å². The highest BCUT2D eigenvalue weighted by atomic mass is 79.9. The summed E-state index contributed by atoms with van der Waals surface area (Å²) < 4.78 is 27.6. The molecule has 1 atom stereocenters. The first-order valence-electron chi connectivity index (χ1n) is 8.28. The molecule has 0 saturated heterocycles. The Morgan fingerprint density at radius 1 is 1.14 bits per heavy atom. The van der Waals surface area contributed by atoms with E-state index < -0.39 is 23.8 Å². The molecule has 146 valence electrons. The van der Waals surface area contributed by atoms with Crippen molar-refractivity contribution in [2.24, 2.45) is 0 Å². The van der Waals surface area contributed by atoms with Crippen LogP contribution in [0, 0.1) is 23.5 Å². The number of aromatic nitrogens is 3. The first-order chi connectivity index (χ1) is 13.9. The van der Waals surface area contributed by atoms with Crippen LogP contribution in [-0.2, 0) is 6.42 Å².